The molecule has 4 fully saturated rings. The molecule has 1 aromatic carbocycles. The molecule has 5 atom stereocenters. The number of benzene rings is 1. The number of rotatable bonds is 8. The molecule has 0 unspecified atom stereocenters. The summed E-state index contributed by atoms with van der Waals surface area (Å²) >= 11 is 0. The Morgan fingerprint density at radius 1 is 0.975 bits per heavy atom. The number of anilines is 1. The van der Waals surface area contributed by atoms with Crippen LogP contribution in [0.3, 0.4) is 0 Å². The molecule has 2 bridgehead atoms. The van der Waals surface area contributed by atoms with Crippen LogP contribution in [0.5, 0.6) is 0 Å². The normalized spacial score (nSPS) is 32.5. The van der Waals surface area contributed by atoms with Crippen molar-refractivity contribution in [2.75, 3.05) is 51.1 Å². The lowest BCUT2D eigenvalue weighted by Crippen LogP contribution is -2.57. The molecule has 1 saturated carbocycles. The SMILES string of the molecule is CCN1CCN(CCN2C(=O)[C@H]3[C@@H](C(=O)Nc4ccc(C)cc4)[C@H]4C=C[C@@]3(O4)[C@@H]2C(=O)NC2CCCCC2)CC1. The number of hydrogen-bond donors (Lipinski definition) is 2. The van der Waals surface area contributed by atoms with Crippen LogP contribution < -0.4 is 10.6 Å². The zero-order valence-corrected chi connectivity index (χ0v) is 23.8. The summed E-state index contributed by atoms with van der Waals surface area (Å²) in [4.78, 5) is 48.3. The van der Waals surface area contributed by atoms with Gasteiger partial charge < -0.3 is 25.2 Å². The molecule has 4 aliphatic heterocycles. The summed E-state index contributed by atoms with van der Waals surface area (Å²) in [6, 6.07) is 6.98. The van der Waals surface area contributed by atoms with Gasteiger partial charge in [0.2, 0.25) is 17.7 Å². The van der Waals surface area contributed by atoms with Crippen LogP contribution in [-0.4, -0.2) is 102 Å². The van der Waals surface area contributed by atoms with E-state index in [4.69, 9.17) is 4.74 Å². The molecule has 4 heterocycles. The smallest absolute Gasteiger partial charge is 0.246 e. The van der Waals surface area contributed by atoms with Crippen LogP contribution in [0.15, 0.2) is 36.4 Å². The molecule has 216 valence electrons. The van der Waals surface area contributed by atoms with Gasteiger partial charge in [-0.3, -0.25) is 19.3 Å². The van der Waals surface area contributed by atoms with Gasteiger partial charge in [-0.05, 0) is 38.4 Å². The predicted molar refractivity (Wildman–Crippen MR) is 153 cm³/mol. The van der Waals surface area contributed by atoms with E-state index in [2.05, 4.69) is 27.4 Å². The van der Waals surface area contributed by atoms with E-state index >= 15 is 0 Å². The Bertz CT molecular complexity index is 1140. The fourth-order valence-electron chi connectivity index (χ4n) is 7.48. The van der Waals surface area contributed by atoms with E-state index in [-0.39, 0.29) is 23.8 Å². The van der Waals surface area contributed by atoms with Crippen LogP contribution in [0.2, 0.25) is 0 Å². The molecule has 1 aliphatic carbocycles. The van der Waals surface area contributed by atoms with Crippen LogP contribution in [0.4, 0.5) is 5.69 Å². The predicted octanol–water partition coefficient (Wildman–Crippen LogP) is 2.17. The highest BCUT2D eigenvalue weighted by molar-refractivity contribution is 6.02. The van der Waals surface area contributed by atoms with Gasteiger partial charge in [-0.25, -0.2) is 0 Å². The van der Waals surface area contributed by atoms with E-state index in [1.807, 2.05) is 43.3 Å². The maximum absolute atomic E-state index is 14.2. The molecule has 9 nitrogen and oxygen atoms in total. The topological polar surface area (TPSA) is 94.2 Å². The van der Waals surface area contributed by atoms with Crippen LogP contribution in [-0.2, 0) is 19.1 Å². The molecule has 3 amide bonds. The molecular weight excluding hydrogens is 506 g/mol. The Kier molecular flexibility index (Phi) is 7.72. The van der Waals surface area contributed by atoms with E-state index in [0.29, 0.717) is 18.8 Å². The summed E-state index contributed by atoms with van der Waals surface area (Å²) in [7, 11) is 0. The molecule has 2 N–H and O–H groups in total. The van der Waals surface area contributed by atoms with Gasteiger partial charge in [-0.15, -0.1) is 0 Å². The number of amides is 3. The number of carbonyl (C=O) groups is 3. The number of likely N-dealkylation sites (tertiary alicyclic amines) is 1. The second kappa shape index (κ2) is 11.3. The van der Waals surface area contributed by atoms with Gasteiger partial charge in [0.25, 0.3) is 0 Å². The third kappa shape index (κ3) is 4.97. The standard InChI is InChI=1S/C31H43N5O4/c1-3-34-15-17-35(18-16-34)19-20-36-27(29(38)33-22-7-5-4-6-8-22)31-14-13-24(40-31)25(26(31)30(36)39)28(37)32-23-11-9-21(2)10-12-23/h9-14,22,24-27H,3-8,15-20H2,1-2H3,(H,32,37)(H,33,38)/t24-,25+,26-,27+,31+/m1/s1. The summed E-state index contributed by atoms with van der Waals surface area (Å²) in [6.07, 6.45) is 8.61. The zero-order chi connectivity index (χ0) is 27.9. The van der Waals surface area contributed by atoms with Crippen LogP contribution in [0.1, 0.15) is 44.6 Å². The first kappa shape index (κ1) is 27.4. The maximum atomic E-state index is 14.2. The first-order valence-electron chi connectivity index (χ1n) is 15.2. The van der Waals surface area contributed by atoms with Gasteiger partial charge in [0.05, 0.1) is 17.9 Å². The van der Waals surface area contributed by atoms with Crippen molar-refractivity contribution < 1.29 is 19.1 Å². The second-order valence-electron chi connectivity index (χ2n) is 12.2. The van der Waals surface area contributed by atoms with Gasteiger partial charge >= 0.3 is 0 Å². The minimum Gasteiger partial charge on any atom is -0.359 e. The van der Waals surface area contributed by atoms with Gasteiger partial charge in [0, 0.05) is 51.0 Å². The van der Waals surface area contributed by atoms with Crippen molar-refractivity contribution in [2.24, 2.45) is 11.8 Å². The zero-order valence-electron chi connectivity index (χ0n) is 23.8. The van der Waals surface area contributed by atoms with Gasteiger partial charge in [-0.1, -0.05) is 56.0 Å². The number of nitrogens with zero attached hydrogens (tertiary/aromatic N) is 3. The van der Waals surface area contributed by atoms with Crippen LogP contribution >= 0.6 is 0 Å². The Morgan fingerprint density at radius 3 is 2.38 bits per heavy atom. The van der Waals surface area contributed by atoms with Crippen molar-refractivity contribution >= 4 is 23.4 Å². The fraction of sp³-hybridized carbons (Fsp3) is 0.645. The van der Waals surface area contributed by atoms with Gasteiger partial charge in [-0.2, -0.15) is 0 Å². The average molecular weight is 550 g/mol. The largest absolute Gasteiger partial charge is 0.359 e. The molecule has 5 aliphatic rings. The molecule has 6 rings (SSSR count). The van der Waals surface area contributed by atoms with Crippen molar-refractivity contribution in [1.82, 2.24) is 20.0 Å². The number of hydrogen-bond acceptors (Lipinski definition) is 6. The van der Waals surface area contributed by atoms with E-state index in [0.717, 1.165) is 64.0 Å². The summed E-state index contributed by atoms with van der Waals surface area (Å²) in [6.45, 7) is 10.3. The number of piperazine rings is 1. The highest BCUT2D eigenvalue weighted by Gasteiger charge is 2.72. The molecule has 0 aromatic heterocycles. The summed E-state index contributed by atoms with van der Waals surface area (Å²) in [5.74, 6) is -1.92. The van der Waals surface area contributed by atoms with Crippen molar-refractivity contribution in [3.63, 3.8) is 0 Å². The van der Waals surface area contributed by atoms with E-state index in [9.17, 15) is 14.4 Å². The highest BCUT2D eigenvalue weighted by Crippen LogP contribution is 2.55. The molecular formula is C31H43N5O4. The van der Waals surface area contributed by atoms with Crippen molar-refractivity contribution in [1.29, 1.82) is 0 Å². The molecule has 3 saturated heterocycles. The average Bonchev–Trinajstić information content (AvgIpc) is 3.61. The van der Waals surface area contributed by atoms with Gasteiger partial charge in [0.1, 0.15) is 11.6 Å². The van der Waals surface area contributed by atoms with Crippen LogP contribution in [0, 0.1) is 18.8 Å². The van der Waals surface area contributed by atoms with E-state index < -0.39 is 29.6 Å². The Hall–Kier alpha value is -2.75. The minimum atomic E-state index is -1.11. The number of fused-ring (bicyclic) bond motifs is 1. The first-order chi connectivity index (χ1) is 19.4. The summed E-state index contributed by atoms with van der Waals surface area (Å²) in [5, 5.41) is 6.28. The maximum Gasteiger partial charge on any atom is 0.246 e. The number of nitrogens with one attached hydrogen (secondary N) is 2. The highest BCUT2D eigenvalue weighted by atomic mass is 16.5. The lowest BCUT2D eigenvalue weighted by molar-refractivity contribution is -0.141. The second-order valence-corrected chi connectivity index (χ2v) is 12.2. The Balaban J connectivity index is 1.24. The van der Waals surface area contributed by atoms with E-state index in [1.165, 1.54) is 6.42 Å². The third-order valence-electron chi connectivity index (χ3n) is 9.76. The lowest BCUT2D eigenvalue weighted by Gasteiger charge is -2.37. The summed E-state index contributed by atoms with van der Waals surface area (Å²) in [5.41, 5.74) is 0.681. The van der Waals surface area contributed by atoms with Crippen LogP contribution in [0.25, 0.3) is 0 Å². The molecule has 9 heteroatoms. The van der Waals surface area contributed by atoms with Crippen molar-refractivity contribution in [3.8, 4) is 0 Å². The molecule has 0 radical (unpaired) electrons. The number of aryl methyl sites for hydroxylation is 1. The Morgan fingerprint density at radius 2 is 1.68 bits per heavy atom. The Labute approximate surface area is 237 Å². The van der Waals surface area contributed by atoms with Crippen molar-refractivity contribution in [2.45, 2.75) is 69.7 Å². The third-order valence-corrected chi connectivity index (χ3v) is 9.76. The van der Waals surface area contributed by atoms with E-state index in [1.54, 1.807) is 4.90 Å². The fourth-order valence-corrected chi connectivity index (χ4v) is 7.48. The summed E-state index contributed by atoms with van der Waals surface area (Å²) < 4.78 is 6.50. The molecule has 1 spiro atoms. The number of likely N-dealkylation sites (N-methyl/N-ethyl adjacent to an activating group) is 1. The first-order valence-corrected chi connectivity index (χ1v) is 15.2. The van der Waals surface area contributed by atoms with Gasteiger partial charge in [0.15, 0.2) is 0 Å². The quantitative estimate of drug-likeness (QED) is 0.483. The molecule has 1 aromatic rings. The molecule has 40 heavy (non-hydrogen) atoms. The lowest BCUT2D eigenvalue weighted by atomic mass is 9.74. The van der Waals surface area contributed by atoms with Crippen molar-refractivity contribution in [3.05, 3.63) is 42.0 Å². The monoisotopic (exact) mass is 549 g/mol. The minimum absolute atomic E-state index is 0.124. The number of ether oxygens (including phenoxy) is 1. The number of carbonyl (C=O) groups excluding carboxylic acids is 3.